The molecule has 4 aromatic rings. The Hall–Kier alpha value is -5.27. The molecule has 2 bridgehead atoms. The van der Waals surface area contributed by atoms with Gasteiger partial charge in [-0.3, -0.25) is 10.1 Å². The normalized spacial score (nSPS) is 13.3. The Kier molecular flexibility index (Phi) is 6.66. The number of benzene rings is 1. The minimum absolute atomic E-state index is 0.0202. The zero-order valence-electron chi connectivity index (χ0n) is 20.5. The smallest absolute Gasteiger partial charge is 0.411 e. The highest BCUT2D eigenvalue weighted by atomic mass is 19.1. The minimum atomic E-state index is -0.740. The van der Waals surface area contributed by atoms with Crippen molar-refractivity contribution in [1.29, 1.82) is 0 Å². The minimum Gasteiger partial charge on any atom is -0.450 e. The number of nitrogen functional groups attached to an aromatic ring is 1. The highest BCUT2D eigenvalue weighted by Gasteiger charge is 2.24. The Labute approximate surface area is 219 Å². The number of fused-ring (bicyclic) bond motifs is 2. The van der Waals surface area contributed by atoms with Crippen molar-refractivity contribution in [2.75, 3.05) is 29.5 Å². The van der Waals surface area contributed by atoms with Crippen molar-refractivity contribution in [2.24, 2.45) is 0 Å². The summed E-state index contributed by atoms with van der Waals surface area (Å²) in [5.74, 6) is -1.62. The molecule has 1 aromatic carbocycles. The average Bonchev–Trinajstić information content (AvgIpc) is 3.32. The number of nitrogens with one attached hydrogen (secondary N) is 3. The lowest BCUT2D eigenvalue weighted by Gasteiger charge is -2.17. The fourth-order valence-corrected chi connectivity index (χ4v) is 3.96. The van der Waals surface area contributed by atoms with Gasteiger partial charge in [-0.15, -0.1) is 0 Å². The number of carbonyl (C=O) groups excluding carboxylic acids is 2. The lowest BCUT2D eigenvalue weighted by molar-refractivity contribution is 0.0954. The van der Waals surface area contributed by atoms with Crippen LogP contribution in [0.2, 0.25) is 0 Å². The van der Waals surface area contributed by atoms with Gasteiger partial charge >= 0.3 is 6.09 Å². The zero-order valence-corrected chi connectivity index (χ0v) is 20.5. The molecular weight excluding hydrogens is 514 g/mol. The van der Waals surface area contributed by atoms with Gasteiger partial charge in [-0.1, -0.05) is 6.58 Å². The van der Waals surface area contributed by atoms with Gasteiger partial charge in [-0.05, 0) is 31.2 Å². The molecular formula is C25H22F2N8O4. The molecule has 39 heavy (non-hydrogen) atoms. The molecule has 2 amide bonds. The van der Waals surface area contributed by atoms with E-state index >= 15 is 4.39 Å². The van der Waals surface area contributed by atoms with E-state index in [-0.39, 0.29) is 71.0 Å². The quantitative estimate of drug-likeness (QED) is 0.308. The number of ether oxygens (including phenoxy) is 2. The van der Waals surface area contributed by atoms with Gasteiger partial charge in [0.1, 0.15) is 34.6 Å². The van der Waals surface area contributed by atoms with Gasteiger partial charge in [-0.25, -0.2) is 23.5 Å². The SMILES string of the molecule is C=C1CNC(=O)c2cnn3c(N)c(-c4ccc(NC(=O)OCC)cc4F)c(nc23)NCc2cc(F)cnc2O1. The summed E-state index contributed by atoms with van der Waals surface area (Å²) in [6.45, 7) is 5.44. The van der Waals surface area contributed by atoms with Gasteiger partial charge in [0.05, 0.1) is 31.1 Å². The standard InChI is InChI=1S/C25H22F2N8O4/c1-3-38-25(37)33-15-4-5-16(18(27)7-15)19-20(28)35-22-17(11-32-35)23(36)30-8-12(2)39-24-13(6-14(26)10-31-24)9-29-21(19)34-22/h4-7,10-11H,2-3,8-9,28H2,1H3,(H,29,34)(H,30,36)(H,33,37). The topological polar surface area (TPSA) is 158 Å². The Bertz CT molecular complexity index is 1640. The van der Waals surface area contributed by atoms with Gasteiger partial charge in [0.15, 0.2) is 5.65 Å². The molecule has 0 saturated heterocycles. The molecule has 12 nitrogen and oxygen atoms in total. The van der Waals surface area contributed by atoms with Crippen molar-refractivity contribution in [3.8, 4) is 17.0 Å². The number of halogens is 2. The maximum atomic E-state index is 15.4. The number of pyridine rings is 1. The summed E-state index contributed by atoms with van der Waals surface area (Å²) in [5, 5.41) is 12.3. The van der Waals surface area contributed by atoms with E-state index in [0.717, 1.165) is 12.3 Å². The number of nitrogens with two attached hydrogens (primary N) is 1. The molecule has 0 radical (unpaired) electrons. The summed E-state index contributed by atoms with van der Waals surface area (Å²) in [4.78, 5) is 33.2. The maximum Gasteiger partial charge on any atom is 0.411 e. The predicted molar refractivity (Wildman–Crippen MR) is 137 cm³/mol. The Morgan fingerprint density at radius 2 is 2.05 bits per heavy atom. The van der Waals surface area contributed by atoms with Crippen LogP contribution >= 0.6 is 0 Å². The van der Waals surface area contributed by atoms with Gasteiger partial charge in [0, 0.05) is 23.4 Å². The van der Waals surface area contributed by atoms with Crippen LogP contribution in [0.4, 0.5) is 30.9 Å². The number of amides is 2. The number of carbonyl (C=O) groups is 2. The van der Waals surface area contributed by atoms with E-state index in [9.17, 15) is 14.0 Å². The van der Waals surface area contributed by atoms with Crippen LogP contribution in [0, 0.1) is 11.6 Å². The number of hydrogen-bond acceptors (Lipinski definition) is 9. The third-order valence-electron chi connectivity index (χ3n) is 5.71. The second-order valence-corrected chi connectivity index (χ2v) is 8.35. The van der Waals surface area contributed by atoms with Gasteiger partial charge in [0.2, 0.25) is 5.88 Å². The van der Waals surface area contributed by atoms with Crippen LogP contribution in [0.1, 0.15) is 22.8 Å². The number of hydrogen-bond donors (Lipinski definition) is 4. The fourth-order valence-electron chi connectivity index (χ4n) is 3.96. The predicted octanol–water partition coefficient (Wildman–Crippen LogP) is 3.47. The van der Waals surface area contributed by atoms with Gasteiger partial charge in [-0.2, -0.15) is 9.61 Å². The highest BCUT2D eigenvalue weighted by molar-refractivity contribution is 6.01. The molecule has 4 heterocycles. The van der Waals surface area contributed by atoms with Crippen LogP contribution in [0.3, 0.4) is 0 Å². The van der Waals surface area contributed by atoms with Crippen molar-refractivity contribution in [1.82, 2.24) is 24.9 Å². The summed E-state index contributed by atoms with van der Waals surface area (Å²) < 4.78 is 41.2. The van der Waals surface area contributed by atoms with Crippen LogP contribution in [0.25, 0.3) is 16.8 Å². The van der Waals surface area contributed by atoms with Crippen LogP contribution in [0.5, 0.6) is 5.88 Å². The van der Waals surface area contributed by atoms with E-state index in [0.29, 0.717) is 5.56 Å². The first-order valence-electron chi connectivity index (χ1n) is 11.7. The third-order valence-corrected chi connectivity index (χ3v) is 5.71. The van der Waals surface area contributed by atoms with Crippen LogP contribution in [-0.4, -0.2) is 44.7 Å². The number of rotatable bonds is 3. The first kappa shape index (κ1) is 25.4. The van der Waals surface area contributed by atoms with Crippen molar-refractivity contribution in [3.05, 3.63) is 71.8 Å². The molecule has 5 rings (SSSR count). The molecule has 0 fully saturated rings. The molecule has 0 spiro atoms. The van der Waals surface area contributed by atoms with Gasteiger partial charge in [0.25, 0.3) is 5.91 Å². The van der Waals surface area contributed by atoms with Crippen LogP contribution in [0.15, 0.2) is 49.0 Å². The van der Waals surface area contributed by atoms with Crippen molar-refractivity contribution in [2.45, 2.75) is 13.5 Å². The first-order chi connectivity index (χ1) is 18.7. The first-order valence-corrected chi connectivity index (χ1v) is 11.7. The van der Waals surface area contributed by atoms with Crippen LogP contribution in [-0.2, 0) is 11.3 Å². The molecule has 0 unspecified atom stereocenters. The zero-order chi connectivity index (χ0) is 27.7. The maximum absolute atomic E-state index is 15.4. The lowest BCUT2D eigenvalue weighted by Crippen LogP contribution is -2.27. The fraction of sp³-hybridized carbons (Fsp3) is 0.160. The van der Waals surface area contributed by atoms with E-state index in [4.69, 9.17) is 15.2 Å². The summed E-state index contributed by atoms with van der Waals surface area (Å²) >= 11 is 0. The highest BCUT2D eigenvalue weighted by Crippen LogP contribution is 2.37. The van der Waals surface area contributed by atoms with Gasteiger partial charge < -0.3 is 25.8 Å². The second-order valence-electron chi connectivity index (χ2n) is 8.35. The molecule has 1 aliphatic rings. The van der Waals surface area contributed by atoms with Crippen molar-refractivity contribution in [3.63, 3.8) is 0 Å². The summed E-state index contributed by atoms with van der Waals surface area (Å²) in [7, 11) is 0. The number of aromatic nitrogens is 4. The summed E-state index contributed by atoms with van der Waals surface area (Å²) in [6, 6.07) is 5.16. The second kappa shape index (κ2) is 10.2. The molecule has 0 atom stereocenters. The molecule has 5 N–H and O–H groups in total. The molecule has 1 aliphatic heterocycles. The Balaban J connectivity index is 1.65. The lowest BCUT2D eigenvalue weighted by atomic mass is 10.0. The largest absolute Gasteiger partial charge is 0.450 e. The average molecular weight is 536 g/mol. The monoisotopic (exact) mass is 536 g/mol. The van der Waals surface area contributed by atoms with E-state index in [2.05, 4.69) is 37.6 Å². The Morgan fingerprint density at radius 1 is 1.23 bits per heavy atom. The van der Waals surface area contributed by atoms with Crippen LogP contribution < -0.4 is 26.4 Å². The molecule has 3 aromatic heterocycles. The third kappa shape index (κ3) is 4.99. The molecule has 0 aliphatic carbocycles. The number of anilines is 3. The van der Waals surface area contributed by atoms with Crippen molar-refractivity contribution >= 4 is 35.0 Å². The van der Waals surface area contributed by atoms with E-state index in [1.165, 1.54) is 28.9 Å². The van der Waals surface area contributed by atoms with E-state index < -0.39 is 23.6 Å². The molecule has 200 valence electrons. The van der Waals surface area contributed by atoms with E-state index in [1.54, 1.807) is 6.92 Å². The summed E-state index contributed by atoms with van der Waals surface area (Å²) in [5.41, 5.74) is 7.23. The van der Waals surface area contributed by atoms with E-state index in [1.807, 2.05) is 0 Å². The molecule has 14 heteroatoms. The van der Waals surface area contributed by atoms with Crippen molar-refractivity contribution < 1.29 is 27.8 Å². The summed E-state index contributed by atoms with van der Waals surface area (Å²) in [6.07, 6.45) is 1.52. The number of nitrogens with zero attached hydrogens (tertiary/aromatic N) is 4. The Morgan fingerprint density at radius 3 is 2.82 bits per heavy atom. The molecule has 0 saturated carbocycles.